The average molecular weight is 451 g/mol. The summed E-state index contributed by atoms with van der Waals surface area (Å²) >= 11 is -4.66. The molecule has 0 radical (unpaired) electrons. The molecule has 17 heteroatoms. The van der Waals surface area contributed by atoms with Gasteiger partial charge in [-0.05, 0) is 0 Å². The van der Waals surface area contributed by atoms with Crippen molar-refractivity contribution in [3.05, 3.63) is 0 Å². The van der Waals surface area contributed by atoms with Crippen LogP contribution < -0.4 is 0 Å². The molecule has 1 spiro atoms. The van der Waals surface area contributed by atoms with Crippen LogP contribution in [0.2, 0.25) is 0 Å². The van der Waals surface area contributed by atoms with Crippen LogP contribution in [0.25, 0.3) is 0 Å². The summed E-state index contributed by atoms with van der Waals surface area (Å²) in [4.78, 5) is 36.5. The van der Waals surface area contributed by atoms with E-state index in [1.165, 1.54) is 0 Å². The van der Waals surface area contributed by atoms with Crippen molar-refractivity contribution in [2.24, 2.45) is 0 Å². The van der Waals surface area contributed by atoms with Crippen LogP contribution in [0.15, 0.2) is 0 Å². The van der Waals surface area contributed by atoms with Crippen molar-refractivity contribution in [2.75, 3.05) is 0 Å². The van der Waals surface area contributed by atoms with E-state index in [9.17, 15) is 18.3 Å². The summed E-state index contributed by atoms with van der Waals surface area (Å²) in [5.41, 5.74) is 0. The molecule has 6 fully saturated rings. The molecule has 3 bridgehead atoms. The zero-order valence-electron chi connectivity index (χ0n) is 7.84. The molecule has 6 rings (SSSR count). The van der Waals surface area contributed by atoms with Gasteiger partial charge in [-0.25, -0.2) is 0 Å². The third-order valence-corrected chi connectivity index (χ3v) is 32.3. The van der Waals surface area contributed by atoms with E-state index in [0.717, 1.165) is 0 Å². The Morgan fingerprint density at radius 1 is 0.833 bits per heavy atom. The van der Waals surface area contributed by atoms with Gasteiger partial charge in [-0.3, -0.25) is 0 Å². The molecule has 0 amide bonds. The fraction of sp³-hybridized carbons (Fsp3) is 1.00. The van der Waals surface area contributed by atoms with Crippen molar-refractivity contribution in [2.45, 2.75) is 4.38 Å². The maximum atomic E-state index is 12.0. The Morgan fingerprint density at radius 2 is 1.11 bits per heavy atom. The Bertz CT molecular complexity index is 555. The molecule has 0 unspecified atom stereocenters. The van der Waals surface area contributed by atoms with Crippen LogP contribution in [0.5, 0.6) is 0 Å². The summed E-state index contributed by atoms with van der Waals surface area (Å²) in [6.45, 7) is 0. The van der Waals surface area contributed by atoms with E-state index in [0.29, 0.717) is 0 Å². The van der Waals surface area contributed by atoms with E-state index in [1.54, 1.807) is 0 Å². The standard InChI is InChI=1S/CH8O12P4.Sn/c2-14(3,4)1(15(5,6)7,16(8,9)10)17(11,12)13;/h(H2,2,3,4)(H2,5,6,7)(H2,8,9,10)(H2,11,12,13);/q;+4/p-4. The van der Waals surface area contributed by atoms with Gasteiger partial charge >= 0.3 is 104 Å². The molecule has 0 atom stereocenters. The van der Waals surface area contributed by atoms with Crippen molar-refractivity contribution in [3.63, 3.8) is 0 Å². The Morgan fingerprint density at radius 3 is 1.28 bits per heavy atom. The molecular formula is CH4O12P4Sn. The number of rotatable bonds is 2. The molecule has 0 aromatic rings. The second-order valence-corrected chi connectivity index (χ2v) is 22.4. The van der Waals surface area contributed by atoms with Crippen molar-refractivity contribution in [1.29, 1.82) is 0 Å². The van der Waals surface area contributed by atoms with Crippen molar-refractivity contribution in [3.8, 4) is 0 Å². The molecular weight excluding hydrogens is 447 g/mol. The first kappa shape index (κ1) is 14.3. The maximum absolute atomic E-state index is 12.0. The third kappa shape index (κ3) is 1.24. The van der Waals surface area contributed by atoms with Gasteiger partial charge in [0.2, 0.25) is 0 Å². The quantitative estimate of drug-likeness (QED) is 0.323. The summed E-state index contributed by atoms with van der Waals surface area (Å²) in [6.07, 6.45) is 0. The van der Waals surface area contributed by atoms with Gasteiger partial charge in [0.1, 0.15) is 0 Å². The Kier molecular flexibility index (Phi) is 2.59. The molecule has 0 aromatic carbocycles. The van der Waals surface area contributed by atoms with Gasteiger partial charge < -0.3 is 0 Å². The van der Waals surface area contributed by atoms with E-state index in [2.05, 4.69) is 11.4 Å². The van der Waals surface area contributed by atoms with Crippen LogP contribution in [-0.2, 0) is 29.7 Å². The first-order valence-corrected chi connectivity index (χ1v) is 14.9. The normalized spacial score (nSPS) is 49.1. The zero-order chi connectivity index (χ0) is 13.8. The first-order chi connectivity index (χ1) is 7.83. The second-order valence-electron chi connectivity index (χ2n) is 3.55. The number of hydrogen-bond donors (Lipinski definition) is 4. The SMILES string of the molecule is O=P(O)(O)C1(P(=O)(O)O)P2(=O)[O][Sn]3([O]2)[O]P1(=O)[O]3. The van der Waals surface area contributed by atoms with Crippen molar-refractivity contribution >= 4 is 50.4 Å². The fourth-order valence-electron chi connectivity index (χ4n) is 1.87. The monoisotopic (exact) mass is 452 g/mol. The van der Waals surface area contributed by atoms with Crippen molar-refractivity contribution in [1.82, 2.24) is 0 Å². The predicted octanol–water partition coefficient (Wildman–Crippen LogP) is -0.118. The Balaban J connectivity index is 2.39. The summed E-state index contributed by atoms with van der Waals surface area (Å²) in [7, 11) is -21.7. The average Bonchev–Trinajstić information content (AvgIpc) is 1.89. The van der Waals surface area contributed by atoms with Crippen LogP contribution in [-0.4, -0.2) is 44.0 Å². The fourth-order valence-corrected chi connectivity index (χ4v) is 39.6. The van der Waals surface area contributed by atoms with Gasteiger partial charge in [0.25, 0.3) is 0 Å². The molecule has 104 valence electrons. The van der Waals surface area contributed by atoms with Crippen LogP contribution in [0, 0.1) is 0 Å². The molecule has 18 heavy (non-hydrogen) atoms. The van der Waals surface area contributed by atoms with E-state index < -0.39 is 54.8 Å². The second kappa shape index (κ2) is 3.25. The van der Waals surface area contributed by atoms with Gasteiger partial charge in [0, 0.05) is 0 Å². The topological polar surface area (TPSA) is 186 Å². The van der Waals surface area contributed by atoms with Crippen molar-refractivity contribution < 1.29 is 49.3 Å². The summed E-state index contributed by atoms with van der Waals surface area (Å²) in [5.74, 6) is 0. The third-order valence-electron chi connectivity index (χ3n) is 2.44. The first-order valence-electron chi connectivity index (χ1n) is 3.97. The Labute approximate surface area is 104 Å². The molecule has 0 saturated carbocycles. The molecule has 12 nitrogen and oxygen atoms in total. The van der Waals surface area contributed by atoms with Gasteiger partial charge in [0.05, 0.1) is 0 Å². The molecule has 6 aliphatic heterocycles. The van der Waals surface area contributed by atoms with E-state index in [-0.39, 0.29) is 0 Å². The Hall–Kier alpha value is 1.40. The van der Waals surface area contributed by atoms with Crippen LogP contribution in [0.4, 0.5) is 0 Å². The minimum atomic E-state index is -5.92. The van der Waals surface area contributed by atoms with Crippen LogP contribution in [0.3, 0.4) is 0 Å². The van der Waals surface area contributed by atoms with Crippen LogP contribution >= 0.6 is 30.4 Å². The summed E-state index contributed by atoms with van der Waals surface area (Å²) < 4.78 is 60.8. The van der Waals surface area contributed by atoms with Crippen LogP contribution in [0.1, 0.15) is 0 Å². The number of hydrogen-bond acceptors (Lipinski definition) is 8. The van der Waals surface area contributed by atoms with Gasteiger partial charge in [-0.1, -0.05) is 0 Å². The van der Waals surface area contributed by atoms with Gasteiger partial charge in [-0.2, -0.15) is 0 Å². The zero-order valence-corrected chi connectivity index (χ0v) is 14.3. The molecule has 6 aliphatic rings. The van der Waals surface area contributed by atoms with E-state index in [4.69, 9.17) is 19.6 Å². The van der Waals surface area contributed by atoms with E-state index in [1.807, 2.05) is 0 Å². The van der Waals surface area contributed by atoms with Gasteiger partial charge in [0.15, 0.2) is 0 Å². The molecule has 6 heterocycles. The molecule has 0 aliphatic carbocycles. The summed E-state index contributed by atoms with van der Waals surface area (Å²) in [5, 5.41) is 0. The predicted molar refractivity (Wildman–Crippen MR) is 52.1 cm³/mol. The molecule has 4 N–H and O–H groups in total. The minimum absolute atomic E-state index is 3.92. The van der Waals surface area contributed by atoms with E-state index >= 15 is 0 Å². The molecule has 0 aromatic heterocycles. The summed E-state index contributed by atoms with van der Waals surface area (Å²) in [6, 6.07) is 0. The molecule has 6 saturated heterocycles. The van der Waals surface area contributed by atoms with Gasteiger partial charge in [-0.15, -0.1) is 0 Å².